The van der Waals surface area contributed by atoms with Gasteiger partial charge in [0, 0.05) is 35.1 Å². The zero-order chi connectivity index (χ0) is 28.9. The number of carbonyl (C=O) groups is 1. The first kappa shape index (κ1) is 29.3. The van der Waals surface area contributed by atoms with Gasteiger partial charge >= 0.3 is 5.97 Å². The fourth-order valence-corrected chi connectivity index (χ4v) is 4.92. The van der Waals surface area contributed by atoms with Crippen molar-refractivity contribution in [3.8, 4) is 17.2 Å². The summed E-state index contributed by atoms with van der Waals surface area (Å²) in [5, 5.41) is 3.86. The van der Waals surface area contributed by atoms with Crippen LogP contribution in [0.25, 0.3) is 5.69 Å². The number of hydrogen-bond acceptors (Lipinski definition) is 8. The van der Waals surface area contributed by atoms with Gasteiger partial charge < -0.3 is 39.3 Å². The van der Waals surface area contributed by atoms with E-state index in [0.717, 1.165) is 22.5 Å². The molecule has 0 saturated carbocycles. The molecular weight excluding hydrogens is 534 g/mol. The first-order valence-corrected chi connectivity index (χ1v) is 13.3. The molecule has 0 spiro atoms. The monoisotopic (exact) mass is 569 g/mol. The predicted octanol–water partition coefficient (Wildman–Crippen LogP) is 5.06. The van der Waals surface area contributed by atoms with Gasteiger partial charge in [0.25, 0.3) is 0 Å². The van der Waals surface area contributed by atoms with Crippen LogP contribution in [0, 0.1) is 0 Å². The van der Waals surface area contributed by atoms with E-state index in [1.165, 1.54) is 7.11 Å². The number of nitrogens with two attached hydrogens (primary N) is 1. The second-order valence-electron chi connectivity index (χ2n) is 9.85. The molecular formula is C30H36ClN3O6. The Morgan fingerprint density at radius 1 is 1.12 bits per heavy atom. The summed E-state index contributed by atoms with van der Waals surface area (Å²) >= 11 is 6.48. The first-order valence-electron chi connectivity index (χ1n) is 12.9. The van der Waals surface area contributed by atoms with Crippen LogP contribution >= 0.6 is 11.6 Å². The maximum atomic E-state index is 11.8. The molecule has 0 aliphatic carbocycles. The lowest BCUT2D eigenvalue weighted by Gasteiger charge is -2.25. The van der Waals surface area contributed by atoms with E-state index in [1.54, 1.807) is 34.3 Å². The summed E-state index contributed by atoms with van der Waals surface area (Å²) in [5.74, 6) is 0.758. The van der Waals surface area contributed by atoms with E-state index in [0.29, 0.717) is 35.2 Å². The van der Waals surface area contributed by atoms with E-state index in [9.17, 15) is 4.79 Å². The van der Waals surface area contributed by atoms with Crippen molar-refractivity contribution in [2.24, 2.45) is 5.73 Å². The number of nitrogens with one attached hydrogen (secondary N) is 1. The Kier molecular flexibility index (Phi) is 9.29. The quantitative estimate of drug-likeness (QED) is 0.244. The molecule has 0 bridgehead atoms. The SMILES string of the molecule is COC(=O)C(C)(C)OC/C(N)=C/NCC[C@H]1O[C@H](c2cccc(OC)c2OC)c2cc(Cl)ccc2-n2cccc21. The van der Waals surface area contributed by atoms with E-state index in [2.05, 4.69) is 16.0 Å². The molecule has 10 heteroatoms. The molecule has 1 aromatic heterocycles. The van der Waals surface area contributed by atoms with Crippen LogP contribution in [-0.4, -0.2) is 50.6 Å². The van der Waals surface area contributed by atoms with E-state index < -0.39 is 17.7 Å². The number of hydrogen-bond donors (Lipinski definition) is 2. The molecule has 0 saturated heterocycles. The second-order valence-corrected chi connectivity index (χ2v) is 10.3. The van der Waals surface area contributed by atoms with Gasteiger partial charge in [-0.1, -0.05) is 23.7 Å². The number of benzene rings is 2. The van der Waals surface area contributed by atoms with Gasteiger partial charge in [0.2, 0.25) is 0 Å². The number of esters is 1. The standard InChI is InChI=1S/C30H36ClN3O6/c1-30(2,29(35)38-5)39-18-20(32)17-33-14-13-25-24-9-7-15-34(24)23-12-11-19(31)16-22(23)27(40-25)21-8-6-10-26(36-3)28(21)37-4/h6-12,15-17,25,27,33H,13-14,18,32H2,1-5H3/b20-17-/t25-,27-/m1/s1. The Balaban J connectivity index is 1.57. The number of halogens is 1. The highest BCUT2D eigenvalue weighted by Crippen LogP contribution is 2.46. The summed E-state index contributed by atoms with van der Waals surface area (Å²) < 4.78 is 30.7. The summed E-state index contributed by atoms with van der Waals surface area (Å²) in [4.78, 5) is 11.8. The Morgan fingerprint density at radius 3 is 2.65 bits per heavy atom. The summed E-state index contributed by atoms with van der Waals surface area (Å²) in [6.45, 7) is 3.91. The van der Waals surface area contributed by atoms with Gasteiger partial charge in [0.15, 0.2) is 17.1 Å². The maximum Gasteiger partial charge on any atom is 0.337 e. The first-order chi connectivity index (χ1) is 19.2. The van der Waals surface area contributed by atoms with Gasteiger partial charge in [-0.2, -0.15) is 0 Å². The molecule has 0 fully saturated rings. The highest BCUT2D eigenvalue weighted by Gasteiger charge is 2.33. The van der Waals surface area contributed by atoms with Crippen molar-refractivity contribution in [1.82, 2.24) is 9.88 Å². The number of methoxy groups -OCH3 is 3. The average molecular weight is 570 g/mol. The van der Waals surface area contributed by atoms with Crippen LogP contribution in [0.1, 0.15) is 49.3 Å². The molecule has 2 heterocycles. The zero-order valence-corrected chi connectivity index (χ0v) is 24.2. The Labute approximate surface area is 239 Å². The smallest absolute Gasteiger partial charge is 0.337 e. The van der Waals surface area contributed by atoms with Crippen molar-refractivity contribution in [1.29, 1.82) is 0 Å². The van der Waals surface area contributed by atoms with Gasteiger partial charge in [-0.25, -0.2) is 4.79 Å². The second kappa shape index (κ2) is 12.7. The third-order valence-corrected chi connectivity index (χ3v) is 7.01. The maximum absolute atomic E-state index is 11.8. The minimum atomic E-state index is -1.10. The molecule has 1 aliphatic rings. The highest BCUT2D eigenvalue weighted by molar-refractivity contribution is 6.30. The molecule has 0 unspecified atom stereocenters. The van der Waals surface area contributed by atoms with Crippen LogP contribution in [0.4, 0.5) is 0 Å². The fraction of sp³-hybridized carbons (Fsp3) is 0.367. The normalized spacial score (nSPS) is 16.9. The number of fused-ring (bicyclic) bond motifs is 3. The summed E-state index contributed by atoms with van der Waals surface area (Å²) in [5.41, 5.74) is 9.19. The van der Waals surface area contributed by atoms with Crippen LogP contribution in [0.3, 0.4) is 0 Å². The number of ether oxygens (including phenoxy) is 5. The molecule has 0 radical (unpaired) electrons. The molecule has 40 heavy (non-hydrogen) atoms. The predicted molar refractivity (Wildman–Crippen MR) is 153 cm³/mol. The fourth-order valence-electron chi connectivity index (χ4n) is 4.74. The largest absolute Gasteiger partial charge is 0.493 e. The Morgan fingerprint density at radius 2 is 1.93 bits per heavy atom. The minimum Gasteiger partial charge on any atom is -0.493 e. The lowest BCUT2D eigenvalue weighted by atomic mass is 9.98. The molecule has 0 amide bonds. The van der Waals surface area contributed by atoms with Gasteiger partial charge in [-0.3, -0.25) is 0 Å². The summed E-state index contributed by atoms with van der Waals surface area (Å²) in [7, 11) is 4.55. The summed E-state index contributed by atoms with van der Waals surface area (Å²) in [6, 6.07) is 15.6. The van der Waals surface area contributed by atoms with Crippen LogP contribution in [-0.2, 0) is 19.0 Å². The molecule has 9 nitrogen and oxygen atoms in total. The van der Waals surface area contributed by atoms with Crippen LogP contribution in [0.5, 0.6) is 11.5 Å². The number of aromatic nitrogens is 1. The van der Waals surface area contributed by atoms with Crippen molar-refractivity contribution in [3.05, 3.63) is 88.5 Å². The third kappa shape index (κ3) is 6.22. The van der Waals surface area contributed by atoms with Crippen LogP contribution in [0.2, 0.25) is 5.02 Å². The lowest BCUT2D eigenvalue weighted by Crippen LogP contribution is -2.37. The molecule has 1 aliphatic heterocycles. The van der Waals surface area contributed by atoms with Gasteiger partial charge in [-0.15, -0.1) is 0 Å². The molecule has 2 aromatic carbocycles. The van der Waals surface area contributed by atoms with Crippen LogP contribution < -0.4 is 20.5 Å². The zero-order valence-electron chi connectivity index (χ0n) is 23.4. The number of rotatable bonds is 11. The molecule has 3 N–H and O–H groups in total. The van der Waals surface area contributed by atoms with E-state index in [-0.39, 0.29) is 12.7 Å². The Hall–Kier alpha value is -3.66. The van der Waals surface area contributed by atoms with Crippen molar-refractivity contribution >= 4 is 17.6 Å². The highest BCUT2D eigenvalue weighted by atomic mass is 35.5. The van der Waals surface area contributed by atoms with E-state index >= 15 is 0 Å². The summed E-state index contributed by atoms with van der Waals surface area (Å²) in [6.07, 6.45) is 3.58. The van der Waals surface area contributed by atoms with Crippen molar-refractivity contribution < 1.29 is 28.5 Å². The molecule has 4 rings (SSSR count). The Bertz CT molecular complexity index is 1370. The minimum absolute atomic E-state index is 0.0751. The van der Waals surface area contributed by atoms with Crippen molar-refractivity contribution in [2.45, 2.75) is 38.1 Å². The van der Waals surface area contributed by atoms with Gasteiger partial charge in [-0.05, 0) is 56.7 Å². The van der Waals surface area contributed by atoms with Gasteiger partial charge in [0.05, 0.1) is 45.0 Å². The lowest BCUT2D eigenvalue weighted by molar-refractivity contribution is -0.163. The van der Waals surface area contributed by atoms with E-state index in [4.69, 9.17) is 41.0 Å². The van der Waals surface area contributed by atoms with Crippen molar-refractivity contribution in [3.63, 3.8) is 0 Å². The van der Waals surface area contributed by atoms with Crippen molar-refractivity contribution in [2.75, 3.05) is 34.5 Å². The number of nitrogens with zero attached hydrogens (tertiary/aromatic N) is 1. The molecule has 2 atom stereocenters. The number of para-hydroxylation sites is 1. The van der Waals surface area contributed by atoms with E-state index in [1.807, 2.05) is 48.7 Å². The van der Waals surface area contributed by atoms with Gasteiger partial charge in [0.1, 0.15) is 12.2 Å². The molecule has 214 valence electrons. The van der Waals surface area contributed by atoms with Crippen LogP contribution in [0.15, 0.2) is 66.6 Å². The topological polar surface area (TPSA) is 106 Å². The third-order valence-electron chi connectivity index (χ3n) is 6.77. The average Bonchev–Trinajstić information content (AvgIpc) is 3.40. The number of carbonyl (C=O) groups excluding carboxylic acids is 1. The molecule has 3 aromatic rings.